The Morgan fingerprint density at radius 3 is 2.36 bits per heavy atom. The highest BCUT2D eigenvalue weighted by Gasteiger charge is 2.20. The third kappa shape index (κ3) is 2.07. The predicted octanol–water partition coefficient (Wildman–Crippen LogP) is 3.18. The first-order valence-electron chi connectivity index (χ1n) is 6.63. The summed E-state index contributed by atoms with van der Waals surface area (Å²) in [6.07, 6.45) is 0. The van der Waals surface area contributed by atoms with Gasteiger partial charge in [-0.1, -0.05) is 30.3 Å². The van der Waals surface area contributed by atoms with E-state index in [-0.39, 0.29) is 28.2 Å². The second-order valence-corrected chi connectivity index (χ2v) is 4.65. The van der Waals surface area contributed by atoms with Crippen LogP contribution in [0.2, 0.25) is 0 Å². The molecule has 1 N–H and O–H groups in total. The van der Waals surface area contributed by atoms with Gasteiger partial charge in [0, 0.05) is 5.56 Å². The van der Waals surface area contributed by atoms with E-state index >= 15 is 0 Å². The van der Waals surface area contributed by atoms with Gasteiger partial charge in [-0.3, -0.25) is 4.79 Å². The Morgan fingerprint density at radius 1 is 1.00 bits per heavy atom. The number of methoxy groups -OCH3 is 2. The van der Waals surface area contributed by atoms with Gasteiger partial charge in [-0.05, 0) is 12.1 Å². The first kappa shape index (κ1) is 14.0. The minimum absolute atomic E-state index is 0.0379. The summed E-state index contributed by atoms with van der Waals surface area (Å²) in [7, 11) is 2.81. The van der Waals surface area contributed by atoms with Gasteiger partial charge in [-0.2, -0.15) is 0 Å². The Balaban J connectivity index is 2.40. The maximum absolute atomic E-state index is 12.6. The second kappa shape index (κ2) is 5.44. The molecule has 0 saturated heterocycles. The Hall–Kier alpha value is -2.95. The zero-order valence-electron chi connectivity index (χ0n) is 12.1. The predicted molar refractivity (Wildman–Crippen MR) is 82.7 cm³/mol. The topological polar surface area (TPSA) is 68.9 Å². The van der Waals surface area contributed by atoms with Crippen molar-refractivity contribution in [1.29, 1.82) is 0 Å². The van der Waals surface area contributed by atoms with Crippen molar-refractivity contribution in [2.75, 3.05) is 14.2 Å². The van der Waals surface area contributed by atoms with E-state index in [1.165, 1.54) is 14.2 Å². The van der Waals surface area contributed by atoms with Crippen molar-refractivity contribution in [2.24, 2.45) is 0 Å². The minimum Gasteiger partial charge on any atom is -0.504 e. The van der Waals surface area contributed by atoms with Crippen LogP contribution < -0.4 is 14.9 Å². The van der Waals surface area contributed by atoms with Gasteiger partial charge in [0.2, 0.25) is 11.2 Å². The lowest BCUT2D eigenvalue weighted by Gasteiger charge is -2.11. The molecule has 0 aliphatic carbocycles. The molecule has 2 aromatic carbocycles. The molecule has 0 aliphatic rings. The van der Waals surface area contributed by atoms with E-state index in [2.05, 4.69) is 0 Å². The fourth-order valence-electron chi connectivity index (χ4n) is 2.36. The van der Waals surface area contributed by atoms with Crippen molar-refractivity contribution in [3.05, 3.63) is 52.7 Å². The number of benzene rings is 2. The molecule has 0 amide bonds. The average molecular weight is 298 g/mol. The maximum atomic E-state index is 12.6. The smallest absolute Gasteiger partial charge is 0.239 e. The van der Waals surface area contributed by atoms with Gasteiger partial charge in [0.05, 0.1) is 14.2 Å². The van der Waals surface area contributed by atoms with Crippen molar-refractivity contribution in [2.45, 2.75) is 0 Å². The van der Waals surface area contributed by atoms with E-state index in [4.69, 9.17) is 13.9 Å². The Bertz CT molecular complexity index is 881. The third-order valence-electron chi connectivity index (χ3n) is 3.41. The number of aromatic hydroxyl groups is 1. The quantitative estimate of drug-likeness (QED) is 0.804. The van der Waals surface area contributed by atoms with Crippen molar-refractivity contribution in [3.8, 4) is 28.6 Å². The first-order valence-corrected chi connectivity index (χ1v) is 6.63. The number of fused-ring (bicyclic) bond motifs is 1. The molecule has 22 heavy (non-hydrogen) atoms. The molecular weight excluding hydrogens is 284 g/mol. The fraction of sp³-hybridized carbons (Fsp3) is 0.118. The van der Waals surface area contributed by atoms with E-state index in [0.717, 1.165) is 0 Å². The summed E-state index contributed by atoms with van der Waals surface area (Å²) in [5, 5.41) is 10.2. The van der Waals surface area contributed by atoms with Gasteiger partial charge in [0.25, 0.3) is 0 Å². The van der Waals surface area contributed by atoms with E-state index in [1.807, 2.05) is 30.3 Å². The van der Waals surface area contributed by atoms with Gasteiger partial charge in [-0.15, -0.1) is 0 Å². The lowest BCUT2D eigenvalue weighted by Crippen LogP contribution is -2.08. The lowest BCUT2D eigenvalue weighted by atomic mass is 10.1. The Morgan fingerprint density at radius 2 is 1.73 bits per heavy atom. The zero-order valence-corrected chi connectivity index (χ0v) is 12.1. The number of phenolic OH excluding ortho intramolecular Hbond substituents is 1. The standard InChI is InChI=1S/C17H14O5/c1-20-12-9-8-11-13(14(12)18)15(19)17(21-2)16(22-11)10-6-4-3-5-7-10/h3-9,18H,1-2H3. The molecule has 0 radical (unpaired) electrons. The molecule has 0 fully saturated rings. The van der Waals surface area contributed by atoms with Crippen LogP contribution in [-0.4, -0.2) is 19.3 Å². The van der Waals surface area contributed by atoms with Gasteiger partial charge < -0.3 is 19.0 Å². The lowest BCUT2D eigenvalue weighted by molar-refractivity contribution is 0.374. The van der Waals surface area contributed by atoms with Crippen LogP contribution >= 0.6 is 0 Å². The molecule has 0 saturated carbocycles. The number of phenols is 1. The fourth-order valence-corrected chi connectivity index (χ4v) is 2.36. The summed E-state index contributed by atoms with van der Waals surface area (Å²) in [5.74, 6) is 0.313. The molecule has 0 unspecified atom stereocenters. The summed E-state index contributed by atoms with van der Waals surface area (Å²) < 4.78 is 16.0. The third-order valence-corrected chi connectivity index (χ3v) is 3.41. The van der Waals surface area contributed by atoms with Crippen LogP contribution in [0.4, 0.5) is 0 Å². The highest BCUT2D eigenvalue weighted by molar-refractivity contribution is 5.89. The molecule has 1 heterocycles. The summed E-state index contributed by atoms with van der Waals surface area (Å²) >= 11 is 0. The highest BCUT2D eigenvalue weighted by Crippen LogP contribution is 2.37. The number of ether oxygens (including phenoxy) is 2. The molecule has 3 aromatic rings. The van der Waals surface area contributed by atoms with Crippen LogP contribution in [-0.2, 0) is 0 Å². The Labute approximate surface area is 126 Å². The van der Waals surface area contributed by atoms with Crippen LogP contribution in [0.25, 0.3) is 22.3 Å². The number of rotatable bonds is 3. The summed E-state index contributed by atoms with van der Waals surface area (Å²) in [5.41, 5.74) is 0.538. The van der Waals surface area contributed by atoms with E-state index in [1.54, 1.807) is 12.1 Å². The molecule has 0 aliphatic heterocycles. The SMILES string of the molecule is COc1ccc2oc(-c3ccccc3)c(OC)c(=O)c2c1O. The highest BCUT2D eigenvalue weighted by atomic mass is 16.5. The molecule has 1 aromatic heterocycles. The van der Waals surface area contributed by atoms with Crippen LogP contribution in [0, 0.1) is 0 Å². The molecule has 3 rings (SSSR count). The second-order valence-electron chi connectivity index (χ2n) is 4.65. The van der Waals surface area contributed by atoms with Crippen LogP contribution in [0.15, 0.2) is 51.7 Å². The van der Waals surface area contributed by atoms with Crippen LogP contribution in [0.3, 0.4) is 0 Å². The van der Waals surface area contributed by atoms with Crippen LogP contribution in [0.1, 0.15) is 0 Å². The molecule has 0 spiro atoms. The van der Waals surface area contributed by atoms with Crippen molar-refractivity contribution in [1.82, 2.24) is 0 Å². The first-order chi connectivity index (χ1) is 10.7. The van der Waals surface area contributed by atoms with Crippen molar-refractivity contribution in [3.63, 3.8) is 0 Å². The summed E-state index contributed by atoms with van der Waals surface area (Å²) in [6.45, 7) is 0. The molecule has 112 valence electrons. The normalized spacial score (nSPS) is 10.6. The van der Waals surface area contributed by atoms with Gasteiger partial charge >= 0.3 is 0 Å². The van der Waals surface area contributed by atoms with E-state index in [0.29, 0.717) is 11.3 Å². The summed E-state index contributed by atoms with van der Waals surface area (Å²) in [6, 6.07) is 12.3. The summed E-state index contributed by atoms with van der Waals surface area (Å²) in [4.78, 5) is 12.6. The molecular formula is C17H14O5. The Kier molecular flexibility index (Phi) is 3.47. The molecule has 0 atom stereocenters. The van der Waals surface area contributed by atoms with Gasteiger partial charge in [0.15, 0.2) is 17.3 Å². The number of hydrogen-bond donors (Lipinski definition) is 1. The zero-order chi connectivity index (χ0) is 15.7. The largest absolute Gasteiger partial charge is 0.504 e. The maximum Gasteiger partial charge on any atom is 0.239 e. The van der Waals surface area contributed by atoms with E-state index < -0.39 is 5.43 Å². The number of hydrogen-bond acceptors (Lipinski definition) is 5. The van der Waals surface area contributed by atoms with E-state index in [9.17, 15) is 9.90 Å². The van der Waals surface area contributed by atoms with Crippen molar-refractivity contribution < 1.29 is 19.0 Å². The van der Waals surface area contributed by atoms with Crippen molar-refractivity contribution >= 4 is 11.0 Å². The molecule has 5 nitrogen and oxygen atoms in total. The van der Waals surface area contributed by atoms with Gasteiger partial charge in [0.1, 0.15) is 11.0 Å². The van der Waals surface area contributed by atoms with Crippen LogP contribution in [0.5, 0.6) is 17.2 Å². The molecule has 0 bridgehead atoms. The molecule has 5 heteroatoms. The minimum atomic E-state index is -0.445. The monoisotopic (exact) mass is 298 g/mol. The van der Waals surface area contributed by atoms with Gasteiger partial charge in [-0.25, -0.2) is 0 Å². The average Bonchev–Trinajstić information content (AvgIpc) is 2.55.